The number of rotatable bonds is 7. The molecule has 6 nitrogen and oxygen atoms in total. The maximum Gasteiger partial charge on any atom is 0.303 e. The molecule has 1 N–H and O–H groups in total. The Labute approximate surface area is 185 Å². The number of benzene rings is 2. The van der Waals surface area contributed by atoms with Gasteiger partial charge in [0.05, 0.1) is 37.2 Å². The average Bonchev–Trinajstić information content (AvgIpc) is 3.20. The second kappa shape index (κ2) is 9.31. The average molecular weight is 437 g/mol. The molecule has 0 fully saturated rings. The Morgan fingerprint density at radius 3 is 2.42 bits per heavy atom. The van der Waals surface area contributed by atoms with E-state index >= 15 is 0 Å². The molecule has 3 aromatic rings. The van der Waals surface area contributed by atoms with Crippen molar-refractivity contribution in [3.8, 4) is 16.9 Å². The third kappa shape index (κ3) is 5.11. The van der Waals surface area contributed by atoms with Crippen LogP contribution in [0.25, 0.3) is 11.1 Å². The summed E-state index contributed by atoms with van der Waals surface area (Å²) in [5.41, 5.74) is 4.20. The lowest BCUT2D eigenvalue weighted by Gasteiger charge is -2.26. The molecule has 1 aliphatic rings. The molecule has 0 unspecified atom stereocenters. The van der Waals surface area contributed by atoms with Crippen molar-refractivity contribution in [3.05, 3.63) is 69.7 Å². The second-order valence-corrected chi connectivity index (χ2v) is 8.71. The van der Waals surface area contributed by atoms with Crippen LogP contribution in [0.4, 0.5) is 0 Å². The number of hydrogen-bond donors (Lipinski definition) is 1. The van der Waals surface area contributed by atoms with Crippen LogP contribution in [-0.2, 0) is 35.4 Å². The fourth-order valence-electron chi connectivity index (χ4n) is 3.67. The number of nitrogens with zero attached hydrogens (tertiary/aromatic N) is 2. The zero-order chi connectivity index (χ0) is 21.8. The predicted molar refractivity (Wildman–Crippen MR) is 119 cm³/mol. The van der Waals surface area contributed by atoms with Crippen molar-refractivity contribution in [2.45, 2.75) is 32.2 Å². The van der Waals surface area contributed by atoms with E-state index in [-0.39, 0.29) is 12.3 Å². The van der Waals surface area contributed by atoms with Crippen molar-refractivity contribution in [2.75, 3.05) is 13.7 Å². The van der Waals surface area contributed by atoms with Crippen LogP contribution in [0.2, 0.25) is 0 Å². The minimum Gasteiger partial charge on any atom is -0.497 e. The van der Waals surface area contributed by atoms with E-state index in [4.69, 9.17) is 9.84 Å². The smallest absolute Gasteiger partial charge is 0.303 e. The fraction of sp³-hybridized carbons (Fsp3) is 0.292. The largest absolute Gasteiger partial charge is 0.497 e. The van der Waals surface area contributed by atoms with E-state index in [1.54, 1.807) is 7.11 Å². The minimum absolute atomic E-state index is 0.0849. The van der Waals surface area contributed by atoms with Crippen molar-refractivity contribution < 1.29 is 19.4 Å². The number of aliphatic carboxylic acids is 1. The van der Waals surface area contributed by atoms with Gasteiger partial charge in [0.15, 0.2) is 0 Å². The van der Waals surface area contributed by atoms with Gasteiger partial charge in [-0.05, 0) is 28.8 Å². The van der Waals surface area contributed by atoms with Crippen molar-refractivity contribution >= 4 is 23.2 Å². The van der Waals surface area contributed by atoms with Gasteiger partial charge in [0.2, 0.25) is 5.91 Å². The Morgan fingerprint density at radius 1 is 1.10 bits per heavy atom. The van der Waals surface area contributed by atoms with Crippen LogP contribution in [0.15, 0.2) is 48.5 Å². The van der Waals surface area contributed by atoms with Crippen LogP contribution in [0, 0.1) is 0 Å². The number of hydrogen-bond acceptors (Lipinski definition) is 5. The van der Waals surface area contributed by atoms with E-state index in [1.165, 1.54) is 11.3 Å². The maximum atomic E-state index is 12.8. The van der Waals surface area contributed by atoms with Crippen LogP contribution in [-0.4, -0.2) is 40.5 Å². The van der Waals surface area contributed by atoms with Gasteiger partial charge in [-0.25, -0.2) is 4.98 Å². The molecule has 4 rings (SSSR count). The molecule has 0 saturated carbocycles. The molecule has 1 aliphatic heterocycles. The summed E-state index contributed by atoms with van der Waals surface area (Å²) in [7, 11) is 1.65. The second-order valence-electron chi connectivity index (χ2n) is 7.54. The first-order chi connectivity index (χ1) is 15.0. The molecule has 7 heteroatoms. The van der Waals surface area contributed by atoms with Gasteiger partial charge in [0.1, 0.15) is 5.75 Å². The van der Waals surface area contributed by atoms with Gasteiger partial charge >= 0.3 is 5.97 Å². The molecular formula is C24H24N2O4S. The number of carboxylic acids is 1. The number of aryl methyl sites for hydroxylation is 1. The summed E-state index contributed by atoms with van der Waals surface area (Å²) in [5.74, 6) is 0.108. The van der Waals surface area contributed by atoms with Crippen molar-refractivity contribution in [1.82, 2.24) is 9.88 Å². The third-order valence-electron chi connectivity index (χ3n) is 5.41. The summed E-state index contributed by atoms with van der Waals surface area (Å²) in [4.78, 5) is 31.1. The highest BCUT2D eigenvalue weighted by molar-refractivity contribution is 7.11. The molecule has 160 valence electrons. The Hall–Kier alpha value is -3.19. The fourth-order valence-corrected chi connectivity index (χ4v) is 4.80. The van der Waals surface area contributed by atoms with Gasteiger partial charge < -0.3 is 14.7 Å². The summed E-state index contributed by atoms with van der Waals surface area (Å²) < 4.78 is 5.20. The molecule has 2 heterocycles. The first-order valence-electron chi connectivity index (χ1n) is 10.2. The number of methoxy groups -OCH3 is 1. The van der Waals surface area contributed by atoms with Crippen LogP contribution in [0.1, 0.15) is 27.6 Å². The predicted octanol–water partition coefficient (Wildman–Crippen LogP) is 3.96. The van der Waals surface area contributed by atoms with Gasteiger partial charge in [-0.3, -0.25) is 9.59 Å². The highest BCUT2D eigenvalue weighted by Crippen LogP contribution is 2.27. The first kappa shape index (κ1) is 21.1. The van der Waals surface area contributed by atoms with E-state index in [9.17, 15) is 9.59 Å². The zero-order valence-corrected chi connectivity index (χ0v) is 18.2. The van der Waals surface area contributed by atoms with E-state index in [0.29, 0.717) is 25.9 Å². The monoisotopic (exact) mass is 436 g/mol. The van der Waals surface area contributed by atoms with E-state index in [2.05, 4.69) is 4.98 Å². The zero-order valence-electron chi connectivity index (χ0n) is 17.3. The molecule has 0 atom stereocenters. The molecular weight excluding hydrogens is 412 g/mol. The Bertz CT molecular complexity index is 1070. The summed E-state index contributed by atoms with van der Waals surface area (Å²) >= 11 is 1.53. The molecule has 1 aromatic heterocycles. The molecule has 2 aromatic carbocycles. The van der Waals surface area contributed by atoms with Gasteiger partial charge in [0.25, 0.3) is 0 Å². The Balaban J connectivity index is 1.36. The molecule has 0 aliphatic carbocycles. The third-order valence-corrected chi connectivity index (χ3v) is 6.56. The molecule has 0 spiro atoms. The summed E-state index contributed by atoms with van der Waals surface area (Å²) in [6, 6.07) is 16.0. The standard InChI is InChI=1S/C24H24N2O4S/c1-30-19-8-6-18(7-9-19)17-4-2-16(3-5-17)14-23(27)26-13-12-20-21(15-26)31-22(25-20)10-11-24(28)29/h2-9H,10-15H2,1H3,(H,28,29). The normalized spacial score (nSPS) is 13.0. The number of fused-ring (bicyclic) bond motifs is 1. The van der Waals surface area contributed by atoms with Crippen LogP contribution >= 0.6 is 11.3 Å². The molecule has 0 radical (unpaired) electrons. The van der Waals surface area contributed by atoms with E-state index in [0.717, 1.165) is 44.4 Å². The summed E-state index contributed by atoms with van der Waals surface area (Å²) in [6.07, 6.45) is 1.62. The Kier molecular flexibility index (Phi) is 6.32. The topological polar surface area (TPSA) is 79.7 Å². The van der Waals surface area contributed by atoms with Gasteiger partial charge in [-0.15, -0.1) is 11.3 Å². The molecule has 31 heavy (non-hydrogen) atoms. The Morgan fingerprint density at radius 2 is 1.77 bits per heavy atom. The number of carboxylic acid groups (broad SMARTS) is 1. The number of aromatic nitrogens is 1. The lowest BCUT2D eigenvalue weighted by Crippen LogP contribution is -2.36. The SMILES string of the molecule is COc1ccc(-c2ccc(CC(=O)N3CCc4nc(CCC(=O)O)sc4C3)cc2)cc1. The number of carbonyl (C=O) groups is 2. The lowest BCUT2D eigenvalue weighted by molar-refractivity contribution is -0.137. The highest BCUT2D eigenvalue weighted by atomic mass is 32.1. The highest BCUT2D eigenvalue weighted by Gasteiger charge is 2.24. The van der Waals surface area contributed by atoms with E-state index in [1.807, 2.05) is 53.4 Å². The lowest BCUT2D eigenvalue weighted by atomic mass is 10.0. The number of carbonyl (C=O) groups excluding carboxylic acids is 1. The molecule has 0 bridgehead atoms. The van der Waals surface area contributed by atoms with Crippen LogP contribution in [0.5, 0.6) is 5.75 Å². The van der Waals surface area contributed by atoms with Crippen LogP contribution in [0.3, 0.4) is 0 Å². The quantitative estimate of drug-likeness (QED) is 0.606. The van der Waals surface area contributed by atoms with Gasteiger partial charge in [-0.2, -0.15) is 0 Å². The van der Waals surface area contributed by atoms with Crippen molar-refractivity contribution in [2.24, 2.45) is 0 Å². The number of thiazole rings is 1. The van der Waals surface area contributed by atoms with Crippen molar-refractivity contribution in [1.29, 1.82) is 0 Å². The number of amides is 1. The minimum atomic E-state index is -0.817. The summed E-state index contributed by atoms with van der Waals surface area (Å²) in [6.45, 7) is 1.21. The van der Waals surface area contributed by atoms with Crippen LogP contribution < -0.4 is 4.74 Å². The van der Waals surface area contributed by atoms with E-state index < -0.39 is 5.97 Å². The first-order valence-corrected chi connectivity index (χ1v) is 11.0. The molecule has 0 saturated heterocycles. The maximum absolute atomic E-state index is 12.8. The van der Waals surface area contributed by atoms with Gasteiger partial charge in [0, 0.05) is 24.3 Å². The van der Waals surface area contributed by atoms with Crippen molar-refractivity contribution in [3.63, 3.8) is 0 Å². The van der Waals surface area contributed by atoms with Gasteiger partial charge in [-0.1, -0.05) is 36.4 Å². The summed E-state index contributed by atoms with van der Waals surface area (Å²) in [5, 5.41) is 9.70. The molecule has 1 amide bonds. The number of ether oxygens (including phenoxy) is 1.